The molecule has 0 fully saturated rings. The number of rotatable bonds is 4. The Bertz CT molecular complexity index is 130. The van der Waals surface area contributed by atoms with E-state index in [1.54, 1.807) is 0 Å². The molecule has 0 saturated carbocycles. The van der Waals surface area contributed by atoms with Crippen molar-refractivity contribution >= 4 is 17.7 Å². The van der Waals surface area contributed by atoms with Gasteiger partial charge in [-0.1, -0.05) is 20.3 Å². The normalized spacial score (nSPS) is 15.6. The third kappa shape index (κ3) is 3.08. The number of halogens is 1. The van der Waals surface area contributed by atoms with Crippen molar-refractivity contribution in [3.8, 4) is 0 Å². The van der Waals surface area contributed by atoms with Gasteiger partial charge in [-0.3, -0.25) is 4.79 Å². The van der Waals surface area contributed by atoms with E-state index in [9.17, 15) is 4.79 Å². The van der Waals surface area contributed by atoms with Crippen molar-refractivity contribution in [3.63, 3.8) is 0 Å². The molecule has 0 aromatic rings. The van der Waals surface area contributed by atoms with E-state index in [1.165, 1.54) is 7.11 Å². The minimum atomic E-state index is -0.397. The lowest BCUT2D eigenvalue weighted by Gasteiger charge is -2.17. The van der Waals surface area contributed by atoms with Crippen LogP contribution in [-0.2, 0) is 9.53 Å². The Morgan fingerprint density at radius 3 is 2.55 bits per heavy atom. The van der Waals surface area contributed by atoms with Gasteiger partial charge in [0.05, 0.1) is 7.11 Å². The largest absolute Gasteiger partial charge is 0.468 e. The van der Waals surface area contributed by atoms with E-state index in [0.717, 1.165) is 6.42 Å². The van der Waals surface area contributed by atoms with Crippen LogP contribution < -0.4 is 4.84 Å². The maximum Gasteiger partial charge on any atom is 0.324 e. The smallest absolute Gasteiger partial charge is 0.324 e. The predicted octanol–water partition coefficient (Wildman–Crippen LogP) is 1.32. The highest BCUT2D eigenvalue weighted by Gasteiger charge is 2.23. The number of ether oxygens (including phenoxy) is 1. The maximum absolute atomic E-state index is 11.0. The number of methoxy groups -OCH3 is 1. The molecule has 0 saturated heterocycles. The van der Waals surface area contributed by atoms with Gasteiger partial charge in [-0.05, 0) is 17.7 Å². The molecule has 11 heavy (non-hydrogen) atoms. The lowest BCUT2D eigenvalue weighted by molar-refractivity contribution is -0.143. The van der Waals surface area contributed by atoms with E-state index in [4.69, 9.17) is 11.8 Å². The Kier molecular flexibility index (Phi) is 5.24. The molecule has 1 N–H and O–H groups in total. The topological polar surface area (TPSA) is 38.3 Å². The van der Waals surface area contributed by atoms with E-state index in [0.29, 0.717) is 0 Å². The summed E-state index contributed by atoms with van der Waals surface area (Å²) in [6.45, 7) is 3.94. The molecule has 0 aliphatic rings. The van der Waals surface area contributed by atoms with Crippen LogP contribution in [0, 0.1) is 5.92 Å². The van der Waals surface area contributed by atoms with Crippen molar-refractivity contribution in [2.45, 2.75) is 26.3 Å². The molecule has 0 radical (unpaired) electrons. The van der Waals surface area contributed by atoms with Gasteiger partial charge in [0, 0.05) is 0 Å². The molecule has 0 aromatic carbocycles. The Balaban J connectivity index is 4.03. The molecule has 3 nitrogen and oxygen atoms in total. The van der Waals surface area contributed by atoms with Crippen LogP contribution in [0.5, 0.6) is 0 Å². The van der Waals surface area contributed by atoms with Crippen LogP contribution >= 0.6 is 11.8 Å². The molecule has 0 spiro atoms. The van der Waals surface area contributed by atoms with E-state index in [-0.39, 0.29) is 11.9 Å². The Morgan fingerprint density at radius 2 is 2.27 bits per heavy atom. The Morgan fingerprint density at radius 1 is 1.73 bits per heavy atom. The molecule has 2 atom stereocenters. The van der Waals surface area contributed by atoms with Gasteiger partial charge in [0.15, 0.2) is 0 Å². The molecule has 0 aliphatic heterocycles. The van der Waals surface area contributed by atoms with Crippen LogP contribution in [0.1, 0.15) is 20.3 Å². The molecule has 0 rings (SSSR count). The number of nitrogens with one attached hydrogen (secondary N) is 1. The fourth-order valence-electron chi connectivity index (χ4n) is 0.747. The minimum Gasteiger partial charge on any atom is -0.468 e. The number of hydrogen-bond acceptors (Lipinski definition) is 3. The standard InChI is InChI=1S/C7H14ClNO2/c1-4-5(2)6(9-8)7(10)11-3/h5-6,9H,4H2,1-3H3/t5-,6+/m0/s1. The summed E-state index contributed by atoms with van der Waals surface area (Å²) in [5, 5.41) is 0. The maximum atomic E-state index is 11.0. The van der Waals surface area contributed by atoms with Gasteiger partial charge in [-0.15, -0.1) is 0 Å². The minimum absolute atomic E-state index is 0.194. The van der Waals surface area contributed by atoms with Crippen LogP contribution in [0.15, 0.2) is 0 Å². The molecule has 0 amide bonds. The van der Waals surface area contributed by atoms with E-state index < -0.39 is 6.04 Å². The second-order valence-electron chi connectivity index (χ2n) is 2.50. The third-order valence-corrected chi connectivity index (χ3v) is 2.02. The molecular weight excluding hydrogens is 166 g/mol. The first-order valence-corrected chi connectivity index (χ1v) is 3.99. The summed E-state index contributed by atoms with van der Waals surface area (Å²) in [7, 11) is 1.35. The quantitative estimate of drug-likeness (QED) is 0.523. The van der Waals surface area contributed by atoms with Crippen molar-refractivity contribution in [3.05, 3.63) is 0 Å². The molecule has 0 bridgehead atoms. The van der Waals surface area contributed by atoms with Gasteiger partial charge in [-0.25, -0.2) is 4.84 Å². The lowest BCUT2D eigenvalue weighted by Crippen LogP contribution is -2.37. The summed E-state index contributed by atoms with van der Waals surface area (Å²) < 4.78 is 4.54. The zero-order valence-electron chi connectivity index (χ0n) is 7.06. The van der Waals surface area contributed by atoms with Gasteiger partial charge < -0.3 is 4.74 Å². The monoisotopic (exact) mass is 179 g/mol. The summed E-state index contributed by atoms with van der Waals surface area (Å²) in [5.74, 6) is -0.116. The molecule has 0 unspecified atom stereocenters. The average Bonchev–Trinajstić information content (AvgIpc) is 2.05. The van der Waals surface area contributed by atoms with E-state index in [1.807, 2.05) is 13.8 Å². The summed E-state index contributed by atoms with van der Waals surface area (Å²) in [6, 6.07) is -0.397. The van der Waals surface area contributed by atoms with Crippen LogP contribution in [0.2, 0.25) is 0 Å². The number of esters is 1. The van der Waals surface area contributed by atoms with Crippen LogP contribution in [0.25, 0.3) is 0 Å². The molecule has 4 heteroatoms. The Labute approximate surface area is 72.2 Å². The van der Waals surface area contributed by atoms with Gasteiger partial charge >= 0.3 is 5.97 Å². The fraction of sp³-hybridized carbons (Fsp3) is 0.857. The first-order valence-electron chi connectivity index (χ1n) is 3.61. The zero-order valence-corrected chi connectivity index (χ0v) is 7.81. The van der Waals surface area contributed by atoms with Crippen molar-refractivity contribution in [1.29, 1.82) is 0 Å². The van der Waals surface area contributed by atoms with Crippen LogP contribution in [-0.4, -0.2) is 19.1 Å². The number of hydrogen-bond donors (Lipinski definition) is 1. The number of carbonyl (C=O) groups excluding carboxylic acids is 1. The molecule has 66 valence electrons. The number of carbonyl (C=O) groups is 1. The summed E-state index contributed by atoms with van der Waals surface area (Å²) in [6.07, 6.45) is 0.888. The second-order valence-corrected chi connectivity index (χ2v) is 2.71. The third-order valence-electron chi connectivity index (χ3n) is 1.79. The second kappa shape index (κ2) is 5.38. The first kappa shape index (κ1) is 10.7. The Hall–Kier alpha value is -0.280. The van der Waals surface area contributed by atoms with Gasteiger partial charge in [0.2, 0.25) is 0 Å². The van der Waals surface area contributed by atoms with E-state index in [2.05, 4.69) is 9.57 Å². The van der Waals surface area contributed by atoms with Crippen molar-refractivity contribution in [1.82, 2.24) is 4.84 Å². The predicted molar refractivity (Wildman–Crippen MR) is 44.2 cm³/mol. The van der Waals surface area contributed by atoms with Gasteiger partial charge in [0.25, 0.3) is 0 Å². The summed E-state index contributed by atoms with van der Waals surface area (Å²) >= 11 is 5.36. The SMILES string of the molecule is CC[C@H](C)[C@@H](NCl)C(=O)OC. The van der Waals surface area contributed by atoms with Crippen LogP contribution in [0.3, 0.4) is 0 Å². The van der Waals surface area contributed by atoms with Crippen LogP contribution in [0.4, 0.5) is 0 Å². The van der Waals surface area contributed by atoms with Gasteiger partial charge in [0.1, 0.15) is 6.04 Å². The molecular formula is C7H14ClNO2. The molecule has 0 aromatic heterocycles. The molecule has 0 heterocycles. The van der Waals surface area contributed by atoms with Crippen molar-refractivity contribution in [2.75, 3.05) is 7.11 Å². The van der Waals surface area contributed by atoms with Crippen molar-refractivity contribution < 1.29 is 9.53 Å². The first-order chi connectivity index (χ1) is 5.17. The lowest BCUT2D eigenvalue weighted by atomic mass is 10.0. The average molecular weight is 180 g/mol. The summed E-state index contributed by atoms with van der Waals surface area (Å²) in [5.41, 5.74) is 0. The highest BCUT2D eigenvalue weighted by atomic mass is 35.5. The molecule has 0 aliphatic carbocycles. The summed E-state index contributed by atoms with van der Waals surface area (Å²) in [4.78, 5) is 13.4. The zero-order chi connectivity index (χ0) is 8.85. The van der Waals surface area contributed by atoms with Gasteiger partial charge in [-0.2, -0.15) is 0 Å². The highest BCUT2D eigenvalue weighted by Crippen LogP contribution is 2.09. The highest BCUT2D eigenvalue weighted by molar-refractivity contribution is 6.14. The fourth-order valence-corrected chi connectivity index (χ4v) is 1.05. The van der Waals surface area contributed by atoms with Crippen molar-refractivity contribution in [2.24, 2.45) is 5.92 Å². The van der Waals surface area contributed by atoms with E-state index >= 15 is 0 Å².